The average molecular weight is 273 g/mol. The summed E-state index contributed by atoms with van der Waals surface area (Å²) >= 11 is 1.70. The molecule has 1 amide bonds. The lowest BCUT2D eigenvalue weighted by molar-refractivity contribution is 0.148. The molecule has 1 fully saturated rings. The van der Waals surface area contributed by atoms with Crippen molar-refractivity contribution in [3.05, 3.63) is 52.7 Å². The molecule has 98 valence electrons. The summed E-state index contributed by atoms with van der Waals surface area (Å²) in [5.74, 6) is 0.601. The minimum atomic E-state index is -0.248. The van der Waals surface area contributed by atoms with Crippen LogP contribution in [0.25, 0.3) is 0 Å². The second kappa shape index (κ2) is 5.45. The van der Waals surface area contributed by atoms with Gasteiger partial charge in [-0.05, 0) is 36.4 Å². The molecule has 1 unspecified atom stereocenters. The van der Waals surface area contributed by atoms with E-state index in [-0.39, 0.29) is 12.1 Å². The Hall–Kier alpha value is -1.81. The molecule has 0 bridgehead atoms. The Morgan fingerprint density at radius 1 is 1.21 bits per heavy atom. The van der Waals surface area contributed by atoms with Crippen LogP contribution >= 0.6 is 11.3 Å². The van der Waals surface area contributed by atoms with Crippen LogP contribution in [0.3, 0.4) is 0 Å². The standard InChI is InChI=1S/C15H15NO2S/c17-15(18-12-6-2-1-3-7-12)16-10-4-8-13(16)14-9-5-11-19-14/h1-3,5-7,9,11,13H,4,8,10H2. The third-order valence-electron chi connectivity index (χ3n) is 3.31. The van der Waals surface area contributed by atoms with Crippen LogP contribution in [-0.4, -0.2) is 17.5 Å². The van der Waals surface area contributed by atoms with Crippen LogP contribution in [-0.2, 0) is 0 Å². The summed E-state index contributed by atoms with van der Waals surface area (Å²) in [5, 5.41) is 2.05. The van der Waals surface area contributed by atoms with Gasteiger partial charge in [0.2, 0.25) is 0 Å². The molecule has 19 heavy (non-hydrogen) atoms. The maximum atomic E-state index is 12.2. The Bertz CT molecular complexity index is 539. The maximum absolute atomic E-state index is 12.2. The molecule has 2 aromatic rings. The zero-order chi connectivity index (χ0) is 13.1. The highest BCUT2D eigenvalue weighted by atomic mass is 32.1. The number of carbonyl (C=O) groups is 1. The minimum Gasteiger partial charge on any atom is -0.410 e. The van der Waals surface area contributed by atoms with Gasteiger partial charge in [0.25, 0.3) is 0 Å². The number of nitrogens with zero attached hydrogens (tertiary/aromatic N) is 1. The molecule has 1 aromatic heterocycles. The zero-order valence-corrected chi connectivity index (χ0v) is 11.3. The summed E-state index contributed by atoms with van der Waals surface area (Å²) in [5.41, 5.74) is 0. The number of carbonyl (C=O) groups excluding carboxylic acids is 1. The normalized spacial score (nSPS) is 18.5. The predicted molar refractivity (Wildman–Crippen MR) is 75.5 cm³/mol. The second-order valence-corrected chi connectivity index (χ2v) is 5.53. The molecule has 0 aliphatic carbocycles. The molecule has 1 atom stereocenters. The number of hydrogen-bond donors (Lipinski definition) is 0. The molecule has 1 saturated heterocycles. The van der Waals surface area contributed by atoms with Crippen LogP contribution in [0.2, 0.25) is 0 Å². The fourth-order valence-corrected chi connectivity index (χ4v) is 3.28. The fourth-order valence-electron chi connectivity index (χ4n) is 2.41. The van der Waals surface area contributed by atoms with Crippen molar-refractivity contribution in [3.8, 4) is 5.75 Å². The van der Waals surface area contributed by atoms with Crippen LogP contribution in [0, 0.1) is 0 Å². The van der Waals surface area contributed by atoms with Crippen LogP contribution in [0.15, 0.2) is 47.8 Å². The minimum absolute atomic E-state index is 0.177. The van der Waals surface area contributed by atoms with Crippen molar-refractivity contribution in [2.24, 2.45) is 0 Å². The lowest BCUT2D eigenvalue weighted by atomic mass is 10.2. The van der Waals surface area contributed by atoms with Crippen LogP contribution < -0.4 is 4.74 Å². The van der Waals surface area contributed by atoms with E-state index in [0.717, 1.165) is 19.4 Å². The maximum Gasteiger partial charge on any atom is 0.415 e. The Morgan fingerprint density at radius 3 is 2.79 bits per heavy atom. The van der Waals surface area contributed by atoms with Gasteiger partial charge in [-0.25, -0.2) is 4.79 Å². The van der Waals surface area contributed by atoms with Gasteiger partial charge in [-0.15, -0.1) is 11.3 Å². The molecular formula is C15H15NO2S. The van der Waals surface area contributed by atoms with E-state index in [0.29, 0.717) is 5.75 Å². The van der Waals surface area contributed by atoms with Gasteiger partial charge in [-0.1, -0.05) is 24.3 Å². The highest BCUT2D eigenvalue weighted by Crippen LogP contribution is 2.34. The van der Waals surface area contributed by atoms with E-state index in [1.54, 1.807) is 23.5 Å². The lowest BCUT2D eigenvalue weighted by Crippen LogP contribution is -2.32. The van der Waals surface area contributed by atoms with Gasteiger partial charge in [0, 0.05) is 11.4 Å². The molecule has 1 aliphatic heterocycles. The van der Waals surface area contributed by atoms with Gasteiger partial charge in [-0.2, -0.15) is 0 Å². The molecule has 2 heterocycles. The average Bonchev–Trinajstić information content (AvgIpc) is 3.10. The van der Waals surface area contributed by atoms with Crippen molar-refractivity contribution >= 4 is 17.4 Å². The Balaban J connectivity index is 1.72. The van der Waals surface area contributed by atoms with Crippen molar-refractivity contribution in [2.75, 3.05) is 6.54 Å². The van der Waals surface area contributed by atoms with E-state index in [4.69, 9.17) is 4.74 Å². The molecule has 1 aliphatic rings. The number of ether oxygens (including phenoxy) is 1. The van der Waals surface area contributed by atoms with Crippen LogP contribution in [0.1, 0.15) is 23.8 Å². The monoisotopic (exact) mass is 273 g/mol. The summed E-state index contributed by atoms with van der Waals surface area (Å²) < 4.78 is 5.42. The Labute approximate surface area is 116 Å². The molecule has 4 heteroatoms. The molecule has 3 rings (SSSR count). The van der Waals surface area contributed by atoms with Gasteiger partial charge in [0.1, 0.15) is 5.75 Å². The van der Waals surface area contributed by atoms with Crippen LogP contribution in [0.4, 0.5) is 4.79 Å². The number of amides is 1. The number of thiophene rings is 1. The number of rotatable bonds is 2. The summed E-state index contributed by atoms with van der Waals surface area (Å²) in [7, 11) is 0. The first-order valence-corrected chi connectivity index (χ1v) is 7.29. The third kappa shape index (κ3) is 2.63. The van der Waals surface area contributed by atoms with Crippen molar-refractivity contribution in [3.63, 3.8) is 0 Å². The number of likely N-dealkylation sites (tertiary alicyclic amines) is 1. The van der Waals surface area contributed by atoms with E-state index in [9.17, 15) is 4.79 Å². The predicted octanol–water partition coefficient (Wildman–Crippen LogP) is 4.08. The Morgan fingerprint density at radius 2 is 2.05 bits per heavy atom. The molecule has 0 saturated carbocycles. The van der Waals surface area contributed by atoms with E-state index < -0.39 is 0 Å². The highest BCUT2D eigenvalue weighted by Gasteiger charge is 2.31. The summed E-state index contributed by atoms with van der Waals surface area (Å²) in [4.78, 5) is 15.3. The van der Waals surface area contributed by atoms with Crippen molar-refractivity contribution in [2.45, 2.75) is 18.9 Å². The van der Waals surface area contributed by atoms with Crippen LogP contribution in [0.5, 0.6) is 5.75 Å². The van der Waals surface area contributed by atoms with Gasteiger partial charge >= 0.3 is 6.09 Å². The number of para-hydroxylation sites is 1. The van der Waals surface area contributed by atoms with Crippen molar-refractivity contribution < 1.29 is 9.53 Å². The van der Waals surface area contributed by atoms with E-state index in [1.807, 2.05) is 34.5 Å². The summed E-state index contributed by atoms with van der Waals surface area (Å²) in [6.45, 7) is 0.772. The lowest BCUT2D eigenvalue weighted by Gasteiger charge is -2.22. The van der Waals surface area contributed by atoms with Crippen molar-refractivity contribution in [1.29, 1.82) is 0 Å². The fraction of sp³-hybridized carbons (Fsp3) is 0.267. The quantitative estimate of drug-likeness (QED) is 0.825. The second-order valence-electron chi connectivity index (χ2n) is 4.55. The van der Waals surface area contributed by atoms with E-state index in [1.165, 1.54) is 4.88 Å². The first-order chi connectivity index (χ1) is 9.34. The molecule has 3 nitrogen and oxygen atoms in total. The van der Waals surface area contributed by atoms with Crippen molar-refractivity contribution in [1.82, 2.24) is 4.90 Å². The SMILES string of the molecule is O=C(Oc1ccccc1)N1CCCC1c1cccs1. The first kappa shape index (κ1) is 12.2. The van der Waals surface area contributed by atoms with E-state index >= 15 is 0 Å². The number of benzene rings is 1. The summed E-state index contributed by atoms with van der Waals surface area (Å²) in [6, 6.07) is 13.5. The molecule has 0 N–H and O–H groups in total. The van der Waals surface area contributed by atoms with Gasteiger partial charge in [0.05, 0.1) is 6.04 Å². The smallest absolute Gasteiger partial charge is 0.410 e. The third-order valence-corrected chi connectivity index (χ3v) is 4.28. The van der Waals surface area contributed by atoms with Gasteiger partial charge in [0.15, 0.2) is 0 Å². The Kier molecular flexibility index (Phi) is 3.51. The highest BCUT2D eigenvalue weighted by molar-refractivity contribution is 7.10. The molecule has 1 aromatic carbocycles. The van der Waals surface area contributed by atoms with Gasteiger partial charge in [-0.3, -0.25) is 0 Å². The first-order valence-electron chi connectivity index (χ1n) is 6.41. The van der Waals surface area contributed by atoms with E-state index in [2.05, 4.69) is 6.07 Å². The number of hydrogen-bond acceptors (Lipinski definition) is 3. The molecular weight excluding hydrogens is 258 g/mol. The van der Waals surface area contributed by atoms with Gasteiger partial charge < -0.3 is 9.64 Å². The molecule has 0 radical (unpaired) electrons. The zero-order valence-electron chi connectivity index (χ0n) is 10.5. The summed E-state index contributed by atoms with van der Waals surface area (Å²) in [6.07, 6.45) is 1.80. The molecule has 0 spiro atoms. The largest absolute Gasteiger partial charge is 0.415 e. The topological polar surface area (TPSA) is 29.5 Å².